The van der Waals surface area contributed by atoms with E-state index in [2.05, 4.69) is 15.2 Å². The molecule has 2 aromatic heterocycles. The lowest BCUT2D eigenvalue weighted by Gasteiger charge is -2.21. The molecule has 0 bridgehead atoms. The van der Waals surface area contributed by atoms with Crippen LogP contribution in [-0.2, 0) is 6.54 Å². The minimum absolute atomic E-state index is 0.183. The molecular weight excluding hydrogens is 322 g/mol. The molecule has 1 unspecified atom stereocenters. The number of rotatable bonds is 5. The Kier molecular flexibility index (Phi) is 4.10. The van der Waals surface area contributed by atoms with E-state index in [0.717, 1.165) is 32.1 Å². The second-order valence-electron chi connectivity index (χ2n) is 6.70. The predicted octanol–water partition coefficient (Wildman–Crippen LogP) is 1.89. The van der Waals surface area contributed by atoms with Gasteiger partial charge in [0.15, 0.2) is 5.82 Å². The van der Waals surface area contributed by atoms with Gasteiger partial charge in [0.1, 0.15) is 5.69 Å². The molecule has 0 N–H and O–H groups in total. The molecule has 4 rings (SSSR count). The molecule has 3 heterocycles. The fourth-order valence-electron chi connectivity index (χ4n) is 3.24. The first-order chi connectivity index (χ1) is 12.2. The van der Waals surface area contributed by atoms with Crippen molar-refractivity contribution in [3.05, 3.63) is 39.9 Å². The Morgan fingerprint density at radius 2 is 2.16 bits per heavy atom. The highest BCUT2D eigenvalue weighted by Crippen LogP contribution is 2.40. The third kappa shape index (κ3) is 3.08. The molecule has 0 spiro atoms. The van der Waals surface area contributed by atoms with Crippen LogP contribution >= 0.6 is 0 Å². The van der Waals surface area contributed by atoms with E-state index in [9.17, 15) is 9.59 Å². The van der Waals surface area contributed by atoms with Gasteiger partial charge in [-0.3, -0.25) is 9.59 Å². The van der Waals surface area contributed by atoms with Gasteiger partial charge in [-0.25, -0.2) is 4.68 Å². The van der Waals surface area contributed by atoms with Gasteiger partial charge in [-0.1, -0.05) is 12.1 Å². The van der Waals surface area contributed by atoms with E-state index in [1.54, 1.807) is 4.90 Å². The van der Waals surface area contributed by atoms with E-state index < -0.39 is 0 Å². The van der Waals surface area contributed by atoms with Gasteiger partial charge in [0, 0.05) is 25.1 Å². The number of carbonyl (C=O) groups excluding carboxylic acids is 1. The van der Waals surface area contributed by atoms with Crippen molar-refractivity contribution in [3.63, 3.8) is 0 Å². The highest BCUT2D eigenvalue weighted by Gasteiger charge is 2.36. The summed E-state index contributed by atoms with van der Waals surface area (Å²) in [5.41, 5.74) is 0.0921. The Labute approximate surface area is 144 Å². The predicted molar refractivity (Wildman–Crippen MR) is 88.1 cm³/mol. The van der Waals surface area contributed by atoms with Crippen molar-refractivity contribution in [2.45, 2.75) is 57.5 Å². The number of amides is 1. The van der Waals surface area contributed by atoms with Gasteiger partial charge >= 0.3 is 0 Å². The standard InChI is InChI=1S/C17H21N5O3/c1-2-9-22-14(23)8-7-12(19-22)17(24)21-10-3-4-13(21)15-18-16(25-20-15)11-5-6-11/h7-8,11,13H,2-6,9-10H2,1H3. The van der Waals surface area contributed by atoms with Crippen LogP contribution in [0.25, 0.3) is 0 Å². The van der Waals surface area contributed by atoms with Crippen molar-refractivity contribution >= 4 is 5.91 Å². The van der Waals surface area contributed by atoms with Crippen LogP contribution in [0.2, 0.25) is 0 Å². The zero-order valence-electron chi connectivity index (χ0n) is 14.2. The highest BCUT2D eigenvalue weighted by molar-refractivity contribution is 5.92. The summed E-state index contributed by atoms with van der Waals surface area (Å²) < 4.78 is 6.69. The van der Waals surface area contributed by atoms with Crippen LogP contribution in [0.4, 0.5) is 0 Å². The molecule has 8 nitrogen and oxygen atoms in total. The first kappa shape index (κ1) is 16.0. The van der Waals surface area contributed by atoms with E-state index >= 15 is 0 Å². The van der Waals surface area contributed by atoms with Crippen LogP contribution < -0.4 is 5.56 Å². The van der Waals surface area contributed by atoms with Crippen molar-refractivity contribution in [2.24, 2.45) is 0 Å². The Hall–Kier alpha value is -2.51. The zero-order valence-corrected chi connectivity index (χ0v) is 14.2. The Morgan fingerprint density at radius 3 is 2.92 bits per heavy atom. The molecular formula is C17H21N5O3. The third-order valence-electron chi connectivity index (χ3n) is 4.72. The van der Waals surface area contributed by atoms with Crippen LogP contribution in [-0.4, -0.2) is 37.3 Å². The number of carbonyl (C=O) groups is 1. The van der Waals surface area contributed by atoms with Crippen LogP contribution in [0.1, 0.15) is 73.2 Å². The van der Waals surface area contributed by atoms with E-state index in [0.29, 0.717) is 30.7 Å². The fourth-order valence-corrected chi connectivity index (χ4v) is 3.24. The van der Waals surface area contributed by atoms with Crippen LogP contribution in [0.5, 0.6) is 0 Å². The smallest absolute Gasteiger partial charge is 0.274 e. The minimum atomic E-state index is -0.191. The molecule has 0 radical (unpaired) electrons. The van der Waals surface area contributed by atoms with Crippen molar-refractivity contribution in [1.29, 1.82) is 0 Å². The van der Waals surface area contributed by atoms with E-state index in [-0.39, 0.29) is 23.2 Å². The summed E-state index contributed by atoms with van der Waals surface area (Å²) >= 11 is 0. The lowest BCUT2D eigenvalue weighted by Crippen LogP contribution is -2.34. The van der Waals surface area contributed by atoms with Crippen molar-refractivity contribution < 1.29 is 9.32 Å². The van der Waals surface area contributed by atoms with Crippen molar-refractivity contribution in [2.75, 3.05) is 6.54 Å². The molecule has 1 amide bonds. The van der Waals surface area contributed by atoms with Crippen LogP contribution in [0.3, 0.4) is 0 Å². The number of aryl methyl sites for hydroxylation is 1. The van der Waals surface area contributed by atoms with Crippen molar-refractivity contribution in [3.8, 4) is 0 Å². The van der Waals surface area contributed by atoms with Gasteiger partial charge in [0.2, 0.25) is 5.89 Å². The summed E-state index contributed by atoms with van der Waals surface area (Å²) in [4.78, 5) is 31.0. The quantitative estimate of drug-likeness (QED) is 0.823. The van der Waals surface area contributed by atoms with Gasteiger partial charge in [-0.05, 0) is 38.2 Å². The average molecular weight is 343 g/mol. The molecule has 2 aromatic rings. The summed E-state index contributed by atoms with van der Waals surface area (Å²) in [7, 11) is 0. The molecule has 1 aliphatic heterocycles. The van der Waals surface area contributed by atoms with Gasteiger partial charge in [0.25, 0.3) is 11.5 Å². The number of nitrogens with zero attached hydrogens (tertiary/aromatic N) is 5. The second kappa shape index (κ2) is 6.42. The van der Waals surface area contributed by atoms with Gasteiger partial charge in [-0.2, -0.15) is 10.1 Å². The summed E-state index contributed by atoms with van der Waals surface area (Å²) in [5, 5.41) is 8.32. The molecule has 25 heavy (non-hydrogen) atoms. The monoisotopic (exact) mass is 343 g/mol. The van der Waals surface area contributed by atoms with E-state index in [4.69, 9.17) is 4.52 Å². The molecule has 1 aliphatic carbocycles. The van der Waals surface area contributed by atoms with E-state index in [1.807, 2.05) is 6.92 Å². The zero-order chi connectivity index (χ0) is 17.4. The summed E-state index contributed by atoms with van der Waals surface area (Å²) in [6.07, 6.45) is 4.67. The normalized spacial score (nSPS) is 20.2. The van der Waals surface area contributed by atoms with Gasteiger partial charge in [0.05, 0.1) is 6.04 Å². The summed E-state index contributed by atoms with van der Waals surface area (Å²) in [6.45, 7) is 3.09. The molecule has 8 heteroatoms. The molecule has 1 atom stereocenters. The molecule has 1 saturated carbocycles. The van der Waals surface area contributed by atoms with Crippen LogP contribution in [0, 0.1) is 0 Å². The Bertz CT molecular complexity index is 839. The first-order valence-electron chi connectivity index (χ1n) is 8.90. The summed E-state index contributed by atoms with van der Waals surface area (Å²) in [5.74, 6) is 1.47. The lowest BCUT2D eigenvalue weighted by atomic mass is 10.2. The largest absolute Gasteiger partial charge is 0.339 e. The Balaban J connectivity index is 1.57. The summed E-state index contributed by atoms with van der Waals surface area (Å²) in [6, 6.07) is 2.72. The maximum atomic E-state index is 12.9. The maximum Gasteiger partial charge on any atom is 0.274 e. The lowest BCUT2D eigenvalue weighted by molar-refractivity contribution is 0.0719. The number of likely N-dealkylation sites (tertiary alicyclic amines) is 1. The molecule has 0 aromatic carbocycles. The molecule has 132 valence electrons. The highest BCUT2D eigenvalue weighted by atomic mass is 16.5. The number of hydrogen-bond donors (Lipinski definition) is 0. The molecule has 1 saturated heterocycles. The second-order valence-corrected chi connectivity index (χ2v) is 6.70. The van der Waals surface area contributed by atoms with Crippen LogP contribution in [0.15, 0.2) is 21.5 Å². The van der Waals surface area contributed by atoms with Gasteiger partial charge in [-0.15, -0.1) is 0 Å². The SMILES string of the molecule is CCCn1nc(C(=O)N2CCCC2c2noc(C3CC3)n2)ccc1=O. The Morgan fingerprint density at radius 1 is 1.32 bits per heavy atom. The third-order valence-corrected chi connectivity index (χ3v) is 4.72. The van der Waals surface area contributed by atoms with E-state index in [1.165, 1.54) is 16.8 Å². The minimum Gasteiger partial charge on any atom is -0.339 e. The van der Waals surface area contributed by atoms with Gasteiger partial charge < -0.3 is 9.42 Å². The fraction of sp³-hybridized carbons (Fsp3) is 0.588. The molecule has 2 aliphatic rings. The molecule has 2 fully saturated rings. The maximum absolute atomic E-state index is 12.9. The topological polar surface area (TPSA) is 94.1 Å². The number of aromatic nitrogens is 4. The first-order valence-corrected chi connectivity index (χ1v) is 8.90. The van der Waals surface area contributed by atoms with Crippen molar-refractivity contribution in [1.82, 2.24) is 24.8 Å². The number of hydrogen-bond acceptors (Lipinski definition) is 6. The average Bonchev–Trinajstić information content (AvgIpc) is 3.15.